The summed E-state index contributed by atoms with van der Waals surface area (Å²) in [5, 5.41) is 8.74. The lowest BCUT2D eigenvalue weighted by molar-refractivity contribution is 0.0693. The first kappa shape index (κ1) is 14.2. The monoisotopic (exact) mass is 276 g/mol. The molecule has 0 fully saturated rings. The molecule has 18 heavy (non-hydrogen) atoms. The minimum Gasteiger partial charge on any atom is -0.477 e. The lowest BCUT2D eigenvalue weighted by atomic mass is 10.3. The van der Waals surface area contributed by atoms with E-state index < -0.39 is 38.7 Å². The minimum atomic E-state index is -3.33. The second kappa shape index (κ2) is 4.77. The molecule has 100 valence electrons. The van der Waals surface area contributed by atoms with Crippen molar-refractivity contribution in [3.05, 3.63) is 32.6 Å². The molecule has 1 heterocycles. The van der Waals surface area contributed by atoms with Crippen LogP contribution in [0.15, 0.2) is 15.8 Å². The molecule has 0 aliphatic rings. The number of hydrogen-bond acceptors (Lipinski definition) is 5. The van der Waals surface area contributed by atoms with Gasteiger partial charge in [0.05, 0.1) is 5.75 Å². The highest BCUT2D eigenvalue weighted by atomic mass is 32.2. The molecular formula is C9H12N2O6S. The Morgan fingerprint density at radius 3 is 2.50 bits per heavy atom. The SMILES string of the molecule is CC(CS(C)(=O)=O)n1cc(C(=O)O)c(=O)[nH]c1=O. The van der Waals surface area contributed by atoms with E-state index in [9.17, 15) is 22.8 Å². The highest BCUT2D eigenvalue weighted by Gasteiger charge is 2.17. The molecule has 2 N–H and O–H groups in total. The fourth-order valence-corrected chi connectivity index (χ4v) is 2.52. The van der Waals surface area contributed by atoms with Crippen LogP contribution in [-0.2, 0) is 9.84 Å². The van der Waals surface area contributed by atoms with E-state index in [1.165, 1.54) is 6.92 Å². The molecule has 0 aliphatic heterocycles. The molecular weight excluding hydrogens is 264 g/mol. The number of aromatic amines is 1. The van der Waals surface area contributed by atoms with Gasteiger partial charge in [0, 0.05) is 18.5 Å². The maximum atomic E-state index is 11.5. The van der Waals surface area contributed by atoms with Crippen LogP contribution in [0.3, 0.4) is 0 Å². The Balaban J connectivity index is 3.34. The number of aromatic carboxylic acids is 1. The minimum absolute atomic E-state index is 0.335. The molecule has 1 aromatic heterocycles. The zero-order valence-electron chi connectivity index (χ0n) is 9.71. The molecule has 9 heteroatoms. The van der Waals surface area contributed by atoms with E-state index in [-0.39, 0.29) is 5.75 Å². The van der Waals surface area contributed by atoms with Gasteiger partial charge >= 0.3 is 11.7 Å². The van der Waals surface area contributed by atoms with Gasteiger partial charge in [-0.25, -0.2) is 18.0 Å². The number of aromatic nitrogens is 2. The van der Waals surface area contributed by atoms with E-state index in [1.54, 1.807) is 0 Å². The summed E-state index contributed by atoms with van der Waals surface area (Å²) in [5.41, 5.74) is -2.48. The molecule has 0 saturated carbocycles. The number of sulfone groups is 1. The summed E-state index contributed by atoms with van der Waals surface area (Å²) in [6, 6.07) is -0.776. The van der Waals surface area contributed by atoms with E-state index in [2.05, 4.69) is 0 Å². The van der Waals surface area contributed by atoms with Crippen molar-refractivity contribution in [3.63, 3.8) is 0 Å². The number of nitrogens with zero attached hydrogens (tertiary/aromatic N) is 1. The Morgan fingerprint density at radius 1 is 1.50 bits per heavy atom. The van der Waals surface area contributed by atoms with Gasteiger partial charge in [0.25, 0.3) is 5.56 Å². The second-order valence-corrected chi connectivity index (χ2v) is 6.14. The highest BCUT2D eigenvalue weighted by molar-refractivity contribution is 7.90. The van der Waals surface area contributed by atoms with Crippen LogP contribution < -0.4 is 11.2 Å². The molecule has 1 unspecified atom stereocenters. The first-order valence-corrected chi connectivity index (χ1v) is 6.94. The number of nitrogens with one attached hydrogen (secondary N) is 1. The first-order valence-electron chi connectivity index (χ1n) is 4.88. The van der Waals surface area contributed by atoms with Gasteiger partial charge in [0.15, 0.2) is 0 Å². The van der Waals surface area contributed by atoms with Crippen molar-refractivity contribution >= 4 is 15.8 Å². The molecule has 8 nitrogen and oxygen atoms in total. The summed E-state index contributed by atoms with van der Waals surface area (Å²) in [6.45, 7) is 1.44. The van der Waals surface area contributed by atoms with Gasteiger partial charge in [-0.3, -0.25) is 14.3 Å². The third-order valence-corrected chi connectivity index (χ3v) is 3.30. The van der Waals surface area contributed by atoms with Crippen molar-refractivity contribution in [2.75, 3.05) is 12.0 Å². The van der Waals surface area contributed by atoms with Gasteiger partial charge in [-0.05, 0) is 6.92 Å². The third kappa shape index (κ3) is 3.29. The van der Waals surface area contributed by atoms with Gasteiger partial charge < -0.3 is 5.11 Å². The number of carbonyl (C=O) groups is 1. The van der Waals surface area contributed by atoms with Gasteiger partial charge in [-0.1, -0.05) is 0 Å². The van der Waals surface area contributed by atoms with Crippen LogP contribution in [0.25, 0.3) is 0 Å². The first-order chi connectivity index (χ1) is 8.11. The molecule has 1 rings (SSSR count). The van der Waals surface area contributed by atoms with Crippen LogP contribution in [0.1, 0.15) is 23.3 Å². The Labute approximate surface area is 102 Å². The third-order valence-electron chi connectivity index (χ3n) is 2.22. The Bertz CT molecular complexity index is 684. The number of carboxylic acid groups (broad SMARTS) is 1. The topological polar surface area (TPSA) is 126 Å². The molecule has 1 atom stereocenters. The normalized spacial score (nSPS) is 13.2. The fraction of sp³-hybridized carbons (Fsp3) is 0.444. The van der Waals surface area contributed by atoms with Gasteiger partial charge in [-0.2, -0.15) is 0 Å². The van der Waals surface area contributed by atoms with Crippen molar-refractivity contribution in [2.24, 2.45) is 0 Å². The van der Waals surface area contributed by atoms with Crippen LogP contribution in [0.4, 0.5) is 0 Å². The largest absolute Gasteiger partial charge is 0.477 e. The van der Waals surface area contributed by atoms with Gasteiger partial charge in [0.2, 0.25) is 0 Å². The average molecular weight is 276 g/mol. The zero-order valence-corrected chi connectivity index (χ0v) is 10.5. The summed E-state index contributed by atoms with van der Waals surface area (Å²) < 4.78 is 23.1. The molecule has 0 aliphatic carbocycles. The molecule has 0 radical (unpaired) electrons. The lowest BCUT2D eigenvalue weighted by Crippen LogP contribution is -2.36. The number of rotatable bonds is 4. The van der Waals surface area contributed by atoms with Crippen molar-refractivity contribution in [2.45, 2.75) is 13.0 Å². The summed E-state index contributed by atoms with van der Waals surface area (Å²) in [6.07, 6.45) is 1.84. The zero-order chi connectivity index (χ0) is 14.1. The maximum Gasteiger partial charge on any atom is 0.342 e. The predicted octanol–water partition coefficient (Wildman–Crippen LogP) is -1.16. The summed E-state index contributed by atoms with van der Waals surface area (Å²) in [7, 11) is -3.33. The maximum absolute atomic E-state index is 11.5. The van der Waals surface area contributed by atoms with Crippen molar-refractivity contribution < 1.29 is 18.3 Å². The smallest absolute Gasteiger partial charge is 0.342 e. The van der Waals surface area contributed by atoms with E-state index in [0.717, 1.165) is 17.0 Å². The number of carboxylic acids is 1. The molecule has 0 amide bonds. The summed E-state index contributed by atoms with van der Waals surface area (Å²) >= 11 is 0. The average Bonchev–Trinajstić information content (AvgIpc) is 2.13. The van der Waals surface area contributed by atoms with E-state index in [0.29, 0.717) is 0 Å². The van der Waals surface area contributed by atoms with Crippen LogP contribution in [-0.4, -0.2) is 41.1 Å². The Kier molecular flexibility index (Phi) is 3.75. The van der Waals surface area contributed by atoms with Crippen molar-refractivity contribution in [1.82, 2.24) is 9.55 Å². The van der Waals surface area contributed by atoms with Crippen molar-refractivity contribution in [1.29, 1.82) is 0 Å². The lowest BCUT2D eigenvalue weighted by Gasteiger charge is -2.13. The predicted molar refractivity (Wildman–Crippen MR) is 62.7 cm³/mol. The standard InChI is InChI=1S/C9H12N2O6S/c1-5(4-18(2,16)17)11-3-6(8(13)14)7(12)10-9(11)15/h3,5H,4H2,1-2H3,(H,13,14)(H,10,12,15). The molecule has 0 aromatic carbocycles. The second-order valence-electron chi connectivity index (χ2n) is 3.96. The molecule has 1 aromatic rings. The van der Waals surface area contributed by atoms with E-state index >= 15 is 0 Å². The van der Waals surface area contributed by atoms with Crippen LogP contribution in [0.2, 0.25) is 0 Å². The Hall–Kier alpha value is -1.90. The van der Waals surface area contributed by atoms with Gasteiger partial charge in [-0.15, -0.1) is 0 Å². The fourth-order valence-electron chi connectivity index (χ4n) is 1.48. The van der Waals surface area contributed by atoms with Crippen LogP contribution in [0.5, 0.6) is 0 Å². The number of hydrogen-bond donors (Lipinski definition) is 2. The molecule has 0 bridgehead atoms. The highest BCUT2D eigenvalue weighted by Crippen LogP contribution is 2.05. The van der Waals surface area contributed by atoms with Crippen LogP contribution in [0, 0.1) is 0 Å². The van der Waals surface area contributed by atoms with E-state index in [1.807, 2.05) is 4.98 Å². The van der Waals surface area contributed by atoms with Gasteiger partial charge in [0.1, 0.15) is 15.4 Å². The summed E-state index contributed by atoms with van der Waals surface area (Å²) in [4.78, 5) is 35.2. The summed E-state index contributed by atoms with van der Waals surface area (Å²) in [5.74, 6) is -1.82. The van der Waals surface area contributed by atoms with Crippen molar-refractivity contribution in [3.8, 4) is 0 Å². The van der Waals surface area contributed by atoms with E-state index in [4.69, 9.17) is 5.11 Å². The Morgan fingerprint density at radius 2 is 2.06 bits per heavy atom. The quantitative estimate of drug-likeness (QED) is 0.714. The number of H-pyrrole nitrogens is 1. The molecule has 0 spiro atoms. The molecule has 0 saturated heterocycles. The van der Waals surface area contributed by atoms with Crippen LogP contribution >= 0.6 is 0 Å².